The normalized spacial score (nSPS) is 17.1. The third-order valence-electron chi connectivity index (χ3n) is 3.58. The number of carbonyl (C=O) groups excluding carboxylic acids is 1. The molecule has 0 aromatic carbocycles. The third kappa shape index (κ3) is 3.47. The maximum absolute atomic E-state index is 11.6. The van der Waals surface area contributed by atoms with Gasteiger partial charge in [0.15, 0.2) is 0 Å². The fourth-order valence-electron chi connectivity index (χ4n) is 2.32. The zero-order valence-electron chi connectivity index (χ0n) is 12.5. The van der Waals surface area contributed by atoms with E-state index in [-0.39, 0.29) is 11.9 Å². The molecule has 2 heterocycles. The number of nitrogens with zero attached hydrogens (tertiary/aromatic N) is 5. The molecule has 21 heavy (non-hydrogen) atoms. The predicted molar refractivity (Wildman–Crippen MR) is 77.0 cm³/mol. The summed E-state index contributed by atoms with van der Waals surface area (Å²) in [5.74, 6) is 0.282. The van der Waals surface area contributed by atoms with E-state index in [1.807, 2.05) is 19.9 Å². The Labute approximate surface area is 124 Å². The van der Waals surface area contributed by atoms with Gasteiger partial charge in [0.1, 0.15) is 5.82 Å². The van der Waals surface area contributed by atoms with Crippen LogP contribution < -0.4 is 4.90 Å². The molecular formula is C14H19N5O2. The van der Waals surface area contributed by atoms with Crippen molar-refractivity contribution in [2.45, 2.75) is 19.9 Å². The average Bonchev–Trinajstić information content (AvgIpc) is 2.52. The molecule has 1 aromatic rings. The highest BCUT2D eigenvalue weighted by atomic mass is 16.5. The number of piperazine rings is 1. The molecule has 112 valence electrons. The summed E-state index contributed by atoms with van der Waals surface area (Å²) < 4.78 is 4.67. The van der Waals surface area contributed by atoms with E-state index in [0.717, 1.165) is 37.7 Å². The lowest BCUT2D eigenvalue weighted by Crippen LogP contribution is -2.49. The van der Waals surface area contributed by atoms with Gasteiger partial charge < -0.3 is 9.64 Å². The summed E-state index contributed by atoms with van der Waals surface area (Å²) in [5, 5.41) is 8.95. The van der Waals surface area contributed by atoms with Crippen molar-refractivity contribution in [1.82, 2.24) is 14.9 Å². The minimum Gasteiger partial charge on any atom is -0.463 e. The van der Waals surface area contributed by atoms with E-state index in [2.05, 4.69) is 30.6 Å². The standard InChI is InChI=1S/C14H19N5O2/c1-10-8-12(17-13(16-10)14(20)21-3)19-6-4-18(5-7-19)11(2)9-15/h8,11H,4-7H2,1-3H3. The minimum absolute atomic E-state index is 0.0788. The van der Waals surface area contributed by atoms with Crippen LogP contribution in [0.25, 0.3) is 0 Å². The van der Waals surface area contributed by atoms with Crippen molar-refractivity contribution in [2.75, 3.05) is 38.2 Å². The summed E-state index contributed by atoms with van der Waals surface area (Å²) in [7, 11) is 1.32. The van der Waals surface area contributed by atoms with Gasteiger partial charge in [0, 0.05) is 37.9 Å². The highest BCUT2D eigenvalue weighted by Gasteiger charge is 2.23. The number of nitriles is 1. The molecule has 0 amide bonds. The Kier molecular flexibility index (Phi) is 4.70. The maximum Gasteiger partial charge on any atom is 0.376 e. The Bertz CT molecular complexity index is 561. The van der Waals surface area contributed by atoms with Crippen LogP contribution in [0.15, 0.2) is 6.07 Å². The van der Waals surface area contributed by atoms with Crippen molar-refractivity contribution >= 4 is 11.8 Å². The second-order valence-electron chi connectivity index (χ2n) is 5.01. The number of ether oxygens (including phenoxy) is 1. The van der Waals surface area contributed by atoms with Gasteiger partial charge in [-0.05, 0) is 13.8 Å². The van der Waals surface area contributed by atoms with E-state index < -0.39 is 5.97 Å². The first-order valence-corrected chi connectivity index (χ1v) is 6.87. The van der Waals surface area contributed by atoms with Gasteiger partial charge >= 0.3 is 5.97 Å². The van der Waals surface area contributed by atoms with E-state index in [1.54, 1.807) is 0 Å². The van der Waals surface area contributed by atoms with Gasteiger partial charge in [0.05, 0.1) is 19.2 Å². The van der Waals surface area contributed by atoms with Gasteiger partial charge in [0.2, 0.25) is 5.82 Å². The Balaban J connectivity index is 2.12. The summed E-state index contributed by atoms with van der Waals surface area (Å²) in [4.78, 5) is 24.2. The van der Waals surface area contributed by atoms with Crippen LogP contribution in [0.4, 0.5) is 5.82 Å². The van der Waals surface area contributed by atoms with E-state index >= 15 is 0 Å². The minimum atomic E-state index is -0.531. The molecule has 0 bridgehead atoms. The number of methoxy groups -OCH3 is 1. The average molecular weight is 289 g/mol. The summed E-state index contributed by atoms with van der Waals surface area (Å²) in [6.45, 7) is 6.86. The molecule has 0 radical (unpaired) electrons. The Hall–Kier alpha value is -2.20. The lowest BCUT2D eigenvalue weighted by atomic mass is 10.2. The van der Waals surface area contributed by atoms with Crippen LogP contribution >= 0.6 is 0 Å². The number of anilines is 1. The van der Waals surface area contributed by atoms with Gasteiger partial charge in [0.25, 0.3) is 0 Å². The summed E-state index contributed by atoms with van der Waals surface area (Å²) >= 11 is 0. The molecule has 0 saturated carbocycles. The van der Waals surface area contributed by atoms with E-state index in [0.29, 0.717) is 0 Å². The van der Waals surface area contributed by atoms with E-state index in [9.17, 15) is 4.79 Å². The quantitative estimate of drug-likeness (QED) is 0.754. The van der Waals surface area contributed by atoms with Crippen LogP contribution in [0.1, 0.15) is 23.2 Å². The molecule has 7 heteroatoms. The molecule has 1 atom stereocenters. The summed E-state index contributed by atoms with van der Waals surface area (Å²) in [6.07, 6.45) is 0. The number of aromatic nitrogens is 2. The van der Waals surface area contributed by atoms with Crippen molar-refractivity contribution < 1.29 is 9.53 Å². The zero-order valence-corrected chi connectivity index (χ0v) is 12.5. The molecule has 1 unspecified atom stereocenters. The molecule has 0 aliphatic carbocycles. The van der Waals surface area contributed by atoms with Crippen molar-refractivity contribution in [2.24, 2.45) is 0 Å². The highest BCUT2D eigenvalue weighted by molar-refractivity contribution is 5.85. The summed E-state index contributed by atoms with van der Waals surface area (Å²) in [5.41, 5.74) is 0.730. The molecule has 1 aliphatic heterocycles. The molecule has 1 aromatic heterocycles. The lowest BCUT2D eigenvalue weighted by Gasteiger charge is -2.36. The molecule has 1 aliphatic rings. The number of aryl methyl sites for hydroxylation is 1. The summed E-state index contributed by atoms with van der Waals surface area (Å²) in [6, 6.07) is 4.03. The molecule has 2 rings (SSSR count). The Morgan fingerprint density at radius 3 is 2.62 bits per heavy atom. The third-order valence-corrected chi connectivity index (χ3v) is 3.58. The van der Waals surface area contributed by atoms with E-state index in [1.165, 1.54) is 7.11 Å². The number of hydrogen-bond donors (Lipinski definition) is 0. The van der Waals surface area contributed by atoms with Gasteiger partial charge in [-0.25, -0.2) is 14.8 Å². The van der Waals surface area contributed by atoms with Gasteiger partial charge in [-0.3, -0.25) is 4.90 Å². The number of hydrogen-bond acceptors (Lipinski definition) is 7. The molecule has 0 N–H and O–H groups in total. The Morgan fingerprint density at radius 1 is 1.38 bits per heavy atom. The largest absolute Gasteiger partial charge is 0.463 e. The molecule has 7 nitrogen and oxygen atoms in total. The second kappa shape index (κ2) is 6.50. The van der Waals surface area contributed by atoms with Gasteiger partial charge in [-0.15, -0.1) is 0 Å². The first-order valence-electron chi connectivity index (χ1n) is 6.87. The van der Waals surface area contributed by atoms with Crippen LogP contribution in [0, 0.1) is 18.3 Å². The fourth-order valence-corrected chi connectivity index (χ4v) is 2.32. The van der Waals surface area contributed by atoms with Crippen LogP contribution in [0.5, 0.6) is 0 Å². The first-order chi connectivity index (χ1) is 10.0. The Morgan fingerprint density at radius 2 is 2.05 bits per heavy atom. The SMILES string of the molecule is COC(=O)c1nc(C)cc(N2CCN(C(C)C#N)CC2)n1. The number of rotatable bonds is 3. The molecule has 0 spiro atoms. The smallest absolute Gasteiger partial charge is 0.376 e. The van der Waals surface area contributed by atoms with Crippen molar-refractivity contribution in [3.63, 3.8) is 0 Å². The van der Waals surface area contributed by atoms with Gasteiger partial charge in [-0.1, -0.05) is 0 Å². The van der Waals surface area contributed by atoms with Gasteiger partial charge in [-0.2, -0.15) is 5.26 Å². The van der Waals surface area contributed by atoms with Crippen LogP contribution in [0.2, 0.25) is 0 Å². The van der Waals surface area contributed by atoms with E-state index in [4.69, 9.17) is 5.26 Å². The topological polar surface area (TPSA) is 82.4 Å². The number of carbonyl (C=O) groups is 1. The molecule has 1 saturated heterocycles. The second-order valence-corrected chi connectivity index (χ2v) is 5.01. The zero-order chi connectivity index (χ0) is 15.4. The maximum atomic E-state index is 11.6. The van der Waals surface area contributed by atoms with Crippen molar-refractivity contribution in [3.05, 3.63) is 17.6 Å². The molecular weight excluding hydrogens is 270 g/mol. The van der Waals surface area contributed by atoms with Crippen molar-refractivity contribution in [3.8, 4) is 6.07 Å². The predicted octanol–water partition coefficient (Wildman–Crippen LogP) is 0.606. The van der Waals surface area contributed by atoms with Crippen LogP contribution in [-0.2, 0) is 4.74 Å². The monoisotopic (exact) mass is 289 g/mol. The van der Waals surface area contributed by atoms with Crippen molar-refractivity contribution in [1.29, 1.82) is 5.26 Å². The highest BCUT2D eigenvalue weighted by Crippen LogP contribution is 2.16. The van der Waals surface area contributed by atoms with Crippen LogP contribution in [0.3, 0.4) is 0 Å². The van der Waals surface area contributed by atoms with Crippen LogP contribution in [-0.4, -0.2) is 60.2 Å². The first kappa shape index (κ1) is 15.2. The number of esters is 1. The fraction of sp³-hybridized carbons (Fsp3) is 0.571. The lowest BCUT2D eigenvalue weighted by molar-refractivity contribution is 0.0586. The molecule has 1 fully saturated rings.